The SMILES string of the molecule is COc1ccc(-c2ccc3nc4c(cc3c2)c(-c2ccncc2)nn4-c2ccccc2)cc1. The molecule has 6 aromatic rings. The van der Waals surface area contributed by atoms with Crippen molar-refractivity contribution in [2.45, 2.75) is 0 Å². The molecule has 6 rings (SSSR count). The molecule has 5 heteroatoms. The van der Waals surface area contributed by atoms with Gasteiger partial charge >= 0.3 is 0 Å². The summed E-state index contributed by atoms with van der Waals surface area (Å²) in [6.07, 6.45) is 3.58. The van der Waals surface area contributed by atoms with Gasteiger partial charge in [-0.1, -0.05) is 36.4 Å². The Labute approximate surface area is 190 Å². The maximum Gasteiger partial charge on any atom is 0.164 e. The van der Waals surface area contributed by atoms with E-state index >= 15 is 0 Å². The summed E-state index contributed by atoms with van der Waals surface area (Å²) in [6, 6.07) is 30.7. The summed E-state index contributed by atoms with van der Waals surface area (Å²) in [7, 11) is 1.68. The van der Waals surface area contributed by atoms with Crippen molar-refractivity contribution in [3.05, 3.63) is 103 Å². The first kappa shape index (κ1) is 19.2. The van der Waals surface area contributed by atoms with Crippen LogP contribution in [0.3, 0.4) is 0 Å². The van der Waals surface area contributed by atoms with Crippen molar-refractivity contribution in [1.29, 1.82) is 0 Å². The fourth-order valence-corrected chi connectivity index (χ4v) is 4.14. The van der Waals surface area contributed by atoms with Crippen molar-refractivity contribution >= 4 is 21.9 Å². The average molecular weight is 428 g/mol. The minimum absolute atomic E-state index is 0.831. The van der Waals surface area contributed by atoms with Crippen molar-refractivity contribution in [2.24, 2.45) is 0 Å². The summed E-state index contributed by atoms with van der Waals surface area (Å²) in [5, 5.41) is 7.04. The summed E-state index contributed by atoms with van der Waals surface area (Å²) in [4.78, 5) is 9.19. The Balaban J connectivity index is 1.58. The van der Waals surface area contributed by atoms with Crippen LogP contribution in [0, 0.1) is 0 Å². The first-order valence-electron chi connectivity index (χ1n) is 10.7. The van der Waals surface area contributed by atoms with E-state index in [1.807, 2.05) is 59.3 Å². The van der Waals surface area contributed by atoms with Crippen LogP contribution in [-0.4, -0.2) is 26.9 Å². The number of nitrogens with zero attached hydrogens (tertiary/aromatic N) is 4. The second-order valence-corrected chi connectivity index (χ2v) is 7.83. The molecule has 158 valence electrons. The topological polar surface area (TPSA) is 52.8 Å². The maximum atomic E-state index is 5.29. The molecule has 33 heavy (non-hydrogen) atoms. The second-order valence-electron chi connectivity index (χ2n) is 7.83. The Morgan fingerprint density at radius 2 is 1.48 bits per heavy atom. The number of benzene rings is 3. The molecular formula is C28H20N4O. The number of rotatable bonds is 4. The molecule has 0 fully saturated rings. The lowest BCUT2D eigenvalue weighted by molar-refractivity contribution is 0.415. The van der Waals surface area contributed by atoms with Crippen LogP contribution < -0.4 is 4.74 Å². The van der Waals surface area contributed by atoms with Crippen molar-refractivity contribution in [1.82, 2.24) is 19.7 Å². The number of hydrogen-bond acceptors (Lipinski definition) is 4. The standard InChI is InChI=1S/C28H20N4O/c1-33-24-10-7-19(8-11-24)21-9-12-26-22(17-21)18-25-27(20-13-15-29-16-14-20)31-32(28(25)30-26)23-5-3-2-4-6-23/h2-18H,1H3. The van der Waals surface area contributed by atoms with Gasteiger partial charge in [0, 0.05) is 28.7 Å². The van der Waals surface area contributed by atoms with E-state index in [-0.39, 0.29) is 0 Å². The van der Waals surface area contributed by atoms with Crippen molar-refractivity contribution in [2.75, 3.05) is 7.11 Å². The van der Waals surface area contributed by atoms with Gasteiger partial charge in [-0.05, 0) is 65.7 Å². The van der Waals surface area contributed by atoms with Crippen LogP contribution in [0.5, 0.6) is 5.75 Å². The number of methoxy groups -OCH3 is 1. The van der Waals surface area contributed by atoms with Gasteiger partial charge in [0.1, 0.15) is 11.4 Å². The predicted molar refractivity (Wildman–Crippen MR) is 132 cm³/mol. The second kappa shape index (κ2) is 7.88. The van der Waals surface area contributed by atoms with Gasteiger partial charge in [-0.3, -0.25) is 4.98 Å². The highest BCUT2D eigenvalue weighted by molar-refractivity contribution is 6.00. The van der Waals surface area contributed by atoms with E-state index in [9.17, 15) is 0 Å². The van der Waals surface area contributed by atoms with E-state index in [1.165, 1.54) is 0 Å². The Kier molecular flexibility index (Phi) is 4.58. The molecule has 0 amide bonds. The first-order valence-corrected chi connectivity index (χ1v) is 10.7. The maximum absolute atomic E-state index is 5.29. The molecule has 0 bridgehead atoms. The largest absolute Gasteiger partial charge is 0.497 e. The fraction of sp³-hybridized carbons (Fsp3) is 0.0357. The van der Waals surface area contributed by atoms with Gasteiger partial charge in [0.05, 0.1) is 18.3 Å². The van der Waals surface area contributed by atoms with Crippen LogP contribution in [-0.2, 0) is 0 Å². The van der Waals surface area contributed by atoms with E-state index in [1.54, 1.807) is 19.5 Å². The summed E-state index contributed by atoms with van der Waals surface area (Å²) < 4.78 is 7.21. The zero-order valence-electron chi connectivity index (χ0n) is 18.0. The van der Waals surface area contributed by atoms with Crippen LogP contribution in [0.1, 0.15) is 0 Å². The van der Waals surface area contributed by atoms with E-state index in [0.29, 0.717) is 0 Å². The molecule has 0 atom stereocenters. The zero-order chi connectivity index (χ0) is 22.2. The van der Waals surface area contributed by atoms with Gasteiger partial charge in [0.25, 0.3) is 0 Å². The fourth-order valence-electron chi connectivity index (χ4n) is 4.14. The minimum atomic E-state index is 0.831. The van der Waals surface area contributed by atoms with E-state index < -0.39 is 0 Å². The first-order chi connectivity index (χ1) is 16.3. The van der Waals surface area contributed by atoms with Crippen LogP contribution in [0.4, 0.5) is 0 Å². The van der Waals surface area contributed by atoms with Gasteiger partial charge in [0.2, 0.25) is 0 Å². The number of hydrogen-bond donors (Lipinski definition) is 0. The Morgan fingerprint density at radius 3 is 2.24 bits per heavy atom. The van der Waals surface area contributed by atoms with E-state index in [0.717, 1.165) is 55.8 Å². The highest BCUT2D eigenvalue weighted by atomic mass is 16.5. The van der Waals surface area contributed by atoms with Crippen LogP contribution in [0.2, 0.25) is 0 Å². The molecule has 5 nitrogen and oxygen atoms in total. The van der Waals surface area contributed by atoms with Gasteiger partial charge in [0.15, 0.2) is 5.65 Å². The number of aromatic nitrogens is 4. The Bertz CT molecular complexity index is 1570. The van der Waals surface area contributed by atoms with Crippen LogP contribution in [0.15, 0.2) is 103 Å². The van der Waals surface area contributed by atoms with Crippen LogP contribution >= 0.6 is 0 Å². The predicted octanol–water partition coefficient (Wildman–Crippen LogP) is 6.31. The van der Waals surface area contributed by atoms with Gasteiger partial charge < -0.3 is 4.74 Å². The molecular weight excluding hydrogens is 408 g/mol. The number of pyridine rings is 2. The highest BCUT2D eigenvalue weighted by Crippen LogP contribution is 2.33. The zero-order valence-corrected chi connectivity index (χ0v) is 18.0. The lowest BCUT2D eigenvalue weighted by atomic mass is 10.0. The van der Waals surface area contributed by atoms with Crippen molar-refractivity contribution < 1.29 is 4.74 Å². The molecule has 0 radical (unpaired) electrons. The van der Waals surface area contributed by atoms with Crippen molar-refractivity contribution in [3.63, 3.8) is 0 Å². The Hall–Kier alpha value is -4.51. The third kappa shape index (κ3) is 3.40. The quantitative estimate of drug-likeness (QED) is 0.330. The van der Waals surface area contributed by atoms with E-state index in [2.05, 4.69) is 41.4 Å². The summed E-state index contributed by atoms with van der Waals surface area (Å²) in [5.41, 5.74) is 6.90. The third-order valence-corrected chi connectivity index (χ3v) is 5.83. The average Bonchev–Trinajstić information content (AvgIpc) is 3.26. The molecule has 0 saturated carbocycles. The van der Waals surface area contributed by atoms with Gasteiger partial charge in [-0.25, -0.2) is 9.67 Å². The number of ether oxygens (including phenoxy) is 1. The smallest absolute Gasteiger partial charge is 0.164 e. The Morgan fingerprint density at radius 1 is 0.727 bits per heavy atom. The molecule has 0 aliphatic rings. The summed E-state index contributed by atoms with van der Waals surface area (Å²) in [6.45, 7) is 0. The van der Waals surface area contributed by atoms with Gasteiger partial charge in [-0.2, -0.15) is 5.10 Å². The van der Waals surface area contributed by atoms with Crippen molar-refractivity contribution in [3.8, 4) is 33.8 Å². The summed E-state index contributed by atoms with van der Waals surface area (Å²) in [5.74, 6) is 0.846. The molecule has 0 aliphatic heterocycles. The number of para-hydroxylation sites is 1. The normalized spacial score (nSPS) is 11.2. The molecule has 0 N–H and O–H groups in total. The summed E-state index contributed by atoms with van der Waals surface area (Å²) >= 11 is 0. The molecule has 3 heterocycles. The number of fused-ring (bicyclic) bond motifs is 2. The lowest BCUT2D eigenvalue weighted by Gasteiger charge is -2.07. The molecule has 0 unspecified atom stereocenters. The molecule has 0 spiro atoms. The molecule has 3 aromatic carbocycles. The molecule has 3 aromatic heterocycles. The highest BCUT2D eigenvalue weighted by Gasteiger charge is 2.16. The lowest BCUT2D eigenvalue weighted by Crippen LogP contribution is -1.97. The van der Waals surface area contributed by atoms with Gasteiger partial charge in [-0.15, -0.1) is 0 Å². The molecule has 0 saturated heterocycles. The minimum Gasteiger partial charge on any atom is -0.497 e. The van der Waals surface area contributed by atoms with E-state index in [4.69, 9.17) is 14.8 Å². The monoisotopic (exact) mass is 428 g/mol. The third-order valence-electron chi connectivity index (χ3n) is 5.83. The molecule has 0 aliphatic carbocycles. The van der Waals surface area contributed by atoms with Crippen LogP contribution in [0.25, 0.3) is 50.0 Å².